The van der Waals surface area contributed by atoms with Gasteiger partial charge in [0.2, 0.25) is 0 Å². The monoisotopic (exact) mass is 300 g/mol. The Morgan fingerprint density at radius 3 is 2.48 bits per heavy atom. The normalized spacial score (nSPS) is 20.8. The Morgan fingerprint density at radius 1 is 1.14 bits per heavy atom. The van der Waals surface area contributed by atoms with Crippen molar-refractivity contribution in [3.63, 3.8) is 0 Å². The molecule has 0 aromatic carbocycles. The third-order valence-electron chi connectivity index (χ3n) is 4.10. The zero-order valence-corrected chi connectivity index (χ0v) is 11.7. The van der Waals surface area contributed by atoms with Gasteiger partial charge in [-0.05, 0) is 25.7 Å². The highest BCUT2D eigenvalue weighted by Crippen LogP contribution is 2.34. The van der Waals surface area contributed by atoms with E-state index in [1.807, 2.05) is 4.90 Å². The predicted octanol–water partition coefficient (Wildman–Crippen LogP) is 2.51. The van der Waals surface area contributed by atoms with Crippen LogP contribution in [0.15, 0.2) is 12.4 Å². The third-order valence-corrected chi connectivity index (χ3v) is 4.10. The highest BCUT2D eigenvalue weighted by Gasteiger charge is 2.41. The predicted molar refractivity (Wildman–Crippen MR) is 72.9 cm³/mol. The molecule has 1 saturated heterocycles. The molecule has 7 heteroatoms. The van der Waals surface area contributed by atoms with E-state index in [4.69, 9.17) is 0 Å². The maximum Gasteiger partial charge on any atom is 0.391 e. The number of anilines is 1. The molecule has 2 aliphatic rings. The van der Waals surface area contributed by atoms with Crippen molar-refractivity contribution < 1.29 is 13.2 Å². The van der Waals surface area contributed by atoms with Crippen LogP contribution in [0.4, 0.5) is 19.0 Å². The van der Waals surface area contributed by atoms with Crippen molar-refractivity contribution in [3.8, 4) is 0 Å². The van der Waals surface area contributed by atoms with Crippen molar-refractivity contribution >= 4 is 5.82 Å². The molecular formula is C14H19F3N4. The zero-order chi connectivity index (χ0) is 14.9. The van der Waals surface area contributed by atoms with Gasteiger partial charge in [0.1, 0.15) is 5.82 Å². The maximum absolute atomic E-state index is 12.7. The number of hydrogen-bond acceptors (Lipinski definition) is 4. The first-order valence-electron chi connectivity index (χ1n) is 7.38. The van der Waals surface area contributed by atoms with Crippen LogP contribution in [0.3, 0.4) is 0 Å². The SMILES string of the molecule is FC(F)(F)C1CCN(c2cncc(CNC3CC3)n2)CC1. The molecule has 0 unspecified atom stereocenters. The lowest BCUT2D eigenvalue weighted by Gasteiger charge is -2.33. The second-order valence-electron chi connectivity index (χ2n) is 5.83. The quantitative estimate of drug-likeness (QED) is 0.927. The number of hydrogen-bond donors (Lipinski definition) is 1. The third kappa shape index (κ3) is 3.84. The van der Waals surface area contributed by atoms with Gasteiger partial charge in [0, 0.05) is 31.9 Å². The first-order valence-corrected chi connectivity index (χ1v) is 7.38. The lowest BCUT2D eigenvalue weighted by atomic mass is 9.96. The Kier molecular flexibility index (Phi) is 4.01. The van der Waals surface area contributed by atoms with Crippen molar-refractivity contribution in [2.24, 2.45) is 5.92 Å². The summed E-state index contributed by atoms with van der Waals surface area (Å²) in [7, 11) is 0. The van der Waals surface area contributed by atoms with E-state index in [2.05, 4.69) is 15.3 Å². The molecule has 3 rings (SSSR count). The van der Waals surface area contributed by atoms with Gasteiger partial charge in [-0.3, -0.25) is 4.98 Å². The van der Waals surface area contributed by atoms with Crippen LogP contribution < -0.4 is 10.2 Å². The minimum absolute atomic E-state index is 0.135. The Hall–Kier alpha value is -1.37. The molecule has 4 nitrogen and oxygen atoms in total. The van der Waals surface area contributed by atoms with E-state index < -0.39 is 12.1 Å². The number of nitrogens with one attached hydrogen (secondary N) is 1. The number of nitrogens with zero attached hydrogens (tertiary/aromatic N) is 3. The molecule has 1 aromatic heterocycles. The molecule has 1 aliphatic heterocycles. The van der Waals surface area contributed by atoms with Crippen LogP contribution in [0, 0.1) is 5.92 Å². The summed E-state index contributed by atoms with van der Waals surface area (Å²) in [6.45, 7) is 1.45. The van der Waals surface area contributed by atoms with Gasteiger partial charge in [0.15, 0.2) is 0 Å². The topological polar surface area (TPSA) is 41.1 Å². The summed E-state index contributed by atoms with van der Waals surface area (Å²) in [6, 6.07) is 0.595. The first-order chi connectivity index (χ1) is 10.0. The largest absolute Gasteiger partial charge is 0.391 e. The molecule has 1 aliphatic carbocycles. The standard InChI is InChI=1S/C14H19F3N4/c15-14(16,17)10-3-5-21(6-4-10)13-9-18-7-12(20-13)8-19-11-1-2-11/h7,9-11,19H,1-6,8H2. The zero-order valence-electron chi connectivity index (χ0n) is 11.7. The Labute approximate surface area is 121 Å². The highest BCUT2D eigenvalue weighted by molar-refractivity contribution is 5.36. The summed E-state index contributed by atoms with van der Waals surface area (Å²) in [5, 5.41) is 3.36. The van der Waals surface area contributed by atoms with Gasteiger partial charge in [-0.15, -0.1) is 0 Å². The van der Waals surface area contributed by atoms with Crippen LogP contribution in [0.1, 0.15) is 31.4 Å². The van der Waals surface area contributed by atoms with Gasteiger partial charge in [-0.2, -0.15) is 13.2 Å². The molecule has 1 N–H and O–H groups in total. The molecule has 116 valence electrons. The van der Waals surface area contributed by atoms with Crippen LogP contribution in [-0.4, -0.2) is 35.3 Å². The summed E-state index contributed by atoms with van der Waals surface area (Å²) < 4.78 is 38.0. The lowest BCUT2D eigenvalue weighted by molar-refractivity contribution is -0.179. The van der Waals surface area contributed by atoms with Gasteiger partial charge in [-0.25, -0.2) is 4.98 Å². The summed E-state index contributed by atoms with van der Waals surface area (Å²) in [6.07, 6.45) is 1.95. The van der Waals surface area contributed by atoms with E-state index in [1.165, 1.54) is 12.8 Å². The number of aromatic nitrogens is 2. The van der Waals surface area contributed by atoms with Gasteiger partial charge in [-0.1, -0.05) is 0 Å². The molecule has 0 spiro atoms. The van der Waals surface area contributed by atoms with E-state index in [0.29, 0.717) is 31.5 Å². The first kappa shape index (κ1) is 14.6. The van der Waals surface area contributed by atoms with E-state index >= 15 is 0 Å². The molecule has 0 bridgehead atoms. The Balaban J connectivity index is 1.58. The Bertz CT molecular complexity index is 479. The van der Waals surface area contributed by atoms with Crippen molar-refractivity contribution in [3.05, 3.63) is 18.1 Å². The van der Waals surface area contributed by atoms with E-state index in [1.54, 1.807) is 12.4 Å². The van der Waals surface area contributed by atoms with Crippen molar-refractivity contribution in [2.45, 2.75) is 44.4 Å². The van der Waals surface area contributed by atoms with Crippen LogP contribution >= 0.6 is 0 Å². The molecule has 0 radical (unpaired) electrons. The minimum atomic E-state index is -4.08. The molecule has 0 atom stereocenters. The number of halogens is 3. The smallest absolute Gasteiger partial charge is 0.355 e. The molecule has 1 aromatic rings. The Morgan fingerprint density at radius 2 is 1.86 bits per heavy atom. The summed E-state index contributed by atoms with van der Waals surface area (Å²) in [5.41, 5.74) is 0.845. The van der Waals surface area contributed by atoms with Crippen LogP contribution in [0.5, 0.6) is 0 Å². The molecule has 2 heterocycles. The molecule has 1 saturated carbocycles. The number of piperidine rings is 1. The van der Waals surface area contributed by atoms with Crippen LogP contribution in [0.25, 0.3) is 0 Å². The van der Waals surface area contributed by atoms with Gasteiger partial charge in [0.25, 0.3) is 0 Å². The fourth-order valence-corrected chi connectivity index (χ4v) is 2.60. The van der Waals surface area contributed by atoms with E-state index in [-0.39, 0.29) is 12.8 Å². The van der Waals surface area contributed by atoms with Crippen molar-refractivity contribution in [1.82, 2.24) is 15.3 Å². The maximum atomic E-state index is 12.7. The summed E-state index contributed by atoms with van der Waals surface area (Å²) in [4.78, 5) is 10.6. The average Bonchev–Trinajstić information content (AvgIpc) is 3.29. The number of alkyl halides is 3. The van der Waals surface area contributed by atoms with Gasteiger partial charge in [0.05, 0.1) is 17.8 Å². The second kappa shape index (κ2) is 5.79. The molecular weight excluding hydrogens is 281 g/mol. The lowest BCUT2D eigenvalue weighted by Crippen LogP contribution is -2.39. The summed E-state index contributed by atoms with van der Waals surface area (Å²) in [5.74, 6) is -0.493. The molecule has 0 amide bonds. The molecule has 2 fully saturated rings. The molecule has 21 heavy (non-hydrogen) atoms. The number of rotatable bonds is 4. The summed E-state index contributed by atoms with van der Waals surface area (Å²) >= 11 is 0. The van der Waals surface area contributed by atoms with Crippen molar-refractivity contribution in [2.75, 3.05) is 18.0 Å². The van der Waals surface area contributed by atoms with E-state index in [9.17, 15) is 13.2 Å². The van der Waals surface area contributed by atoms with Crippen molar-refractivity contribution in [1.29, 1.82) is 0 Å². The average molecular weight is 300 g/mol. The second-order valence-corrected chi connectivity index (χ2v) is 5.83. The van der Waals surface area contributed by atoms with Gasteiger partial charge >= 0.3 is 6.18 Å². The highest BCUT2D eigenvalue weighted by atomic mass is 19.4. The van der Waals surface area contributed by atoms with Crippen LogP contribution in [-0.2, 0) is 6.54 Å². The fraction of sp³-hybridized carbons (Fsp3) is 0.714. The van der Waals surface area contributed by atoms with Gasteiger partial charge < -0.3 is 10.2 Å². The fourth-order valence-electron chi connectivity index (χ4n) is 2.60. The van der Waals surface area contributed by atoms with E-state index in [0.717, 1.165) is 5.69 Å². The minimum Gasteiger partial charge on any atom is -0.355 e. The van der Waals surface area contributed by atoms with Crippen LogP contribution in [0.2, 0.25) is 0 Å².